The molecule has 0 aliphatic carbocycles. The molecule has 4 rings (SSSR count). The van der Waals surface area contributed by atoms with Crippen molar-refractivity contribution in [3.05, 3.63) is 58.9 Å². The minimum atomic E-state index is -0.488. The van der Waals surface area contributed by atoms with Crippen molar-refractivity contribution in [1.29, 1.82) is 0 Å². The highest BCUT2D eigenvalue weighted by Crippen LogP contribution is 2.32. The standard InChI is InChI=1S/C21H24ClN3O2/c22-16-6-7-19-15(12-16)13-20(27-19)21(26)25(14-17-4-1-2-10-24-17)18-5-3-9-23-11-8-18/h1-2,4,6-7,10,12,18,20,23H,3,5,8-9,11,13-14H2. The van der Waals surface area contributed by atoms with E-state index in [2.05, 4.69) is 10.3 Å². The molecule has 1 amide bonds. The maximum absolute atomic E-state index is 13.4. The minimum Gasteiger partial charge on any atom is -0.480 e. The number of pyridine rings is 1. The van der Waals surface area contributed by atoms with Gasteiger partial charge in [0.25, 0.3) is 5.91 Å². The first kappa shape index (κ1) is 18.3. The number of nitrogens with one attached hydrogen (secondary N) is 1. The molecule has 2 aliphatic heterocycles. The highest BCUT2D eigenvalue weighted by atomic mass is 35.5. The van der Waals surface area contributed by atoms with Gasteiger partial charge in [0.15, 0.2) is 6.10 Å². The van der Waals surface area contributed by atoms with Gasteiger partial charge in [-0.3, -0.25) is 9.78 Å². The molecule has 6 heteroatoms. The summed E-state index contributed by atoms with van der Waals surface area (Å²) < 4.78 is 5.98. The van der Waals surface area contributed by atoms with Crippen LogP contribution in [0, 0.1) is 0 Å². The molecular formula is C21H24ClN3O2. The lowest BCUT2D eigenvalue weighted by molar-refractivity contribution is -0.141. The fourth-order valence-electron chi connectivity index (χ4n) is 3.91. The lowest BCUT2D eigenvalue weighted by Gasteiger charge is -2.32. The average Bonchev–Trinajstić information content (AvgIpc) is 2.92. The summed E-state index contributed by atoms with van der Waals surface area (Å²) in [5.74, 6) is 0.804. The molecule has 3 heterocycles. The van der Waals surface area contributed by atoms with Crippen molar-refractivity contribution in [2.45, 2.75) is 44.4 Å². The largest absolute Gasteiger partial charge is 0.480 e. The molecule has 1 N–H and O–H groups in total. The van der Waals surface area contributed by atoms with Crippen LogP contribution in [0.5, 0.6) is 5.75 Å². The molecule has 2 unspecified atom stereocenters. The highest BCUT2D eigenvalue weighted by Gasteiger charge is 2.35. The van der Waals surface area contributed by atoms with E-state index >= 15 is 0 Å². The molecule has 1 fully saturated rings. The van der Waals surface area contributed by atoms with E-state index in [1.165, 1.54) is 0 Å². The van der Waals surface area contributed by atoms with E-state index in [9.17, 15) is 4.79 Å². The van der Waals surface area contributed by atoms with Gasteiger partial charge in [-0.25, -0.2) is 0 Å². The lowest BCUT2D eigenvalue weighted by atomic mass is 10.0. The Balaban J connectivity index is 1.55. The van der Waals surface area contributed by atoms with Crippen LogP contribution in [0.15, 0.2) is 42.6 Å². The van der Waals surface area contributed by atoms with Crippen LogP contribution >= 0.6 is 11.6 Å². The van der Waals surface area contributed by atoms with Gasteiger partial charge >= 0.3 is 0 Å². The van der Waals surface area contributed by atoms with E-state index < -0.39 is 6.10 Å². The van der Waals surface area contributed by atoms with Crippen LogP contribution in [-0.2, 0) is 17.8 Å². The molecule has 0 spiro atoms. The number of halogens is 1. The van der Waals surface area contributed by atoms with Crippen LogP contribution in [-0.4, -0.2) is 41.0 Å². The van der Waals surface area contributed by atoms with Gasteiger partial charge in [-0.2, -0.15) is 0 Å². The Morgan fingerprint density at radius 2 is 2.19 bits per heavy atom. The predicted molar refractivity (Wildman–Crippen MR) is 105 cm³/mol. The van der Waals surface area contributed by atoms with Crippen LogP contribution < -0.4 is 10.1 Å². The molecule has 142 valence electrons. The monoisotopic (exact) mass is 385 g/mol. The third-order valence-electron chi connectivity index (χ3n) is 5.30. The third kappa shape index (κ3) is 4.25. The van der Waals surface area contributed by atoms with Crippen molar-refractivity contribution in [2.24, 2.45) is 0 Å². The normalized spacial score (nSPS) is 21.8. The summed E-state index contributed by atoms with van der Waals surface area (Å²) in [6, 6.07) is 11.6. The average molecular weight is 386 g/mol. The van der Waals surface area contributed by atoms with Crippen LogP contribution in [0.1, 0.15) is 30.5 Å². The maximum atomic E-state index is 13.4. The Morgan fingerprint density at radius 3 is 3.04 bits per heavy atom. The van der Waals surface area contributed by atoms with Gasteiger partial charge in [0.2, 0.25) is 0 Å². The van der Waals surface area contributed by atoms with E-state index in [0.29, 0.717) is 18.0 Å². The molecule has 2 aliphatic rings. The molecule has 1 aromatic heterocycles. The van der Waals surface area contributed by atoms with Crippen molar-refractivity contribution >= 4 is 17.5 Å². The smallest absolute Gasteiger partial charge is 0.264 e. The number of amides is 1. The molecule has 5 nitrogen and oxygen atoms in total. The Bertz CT molecular complexity index is 791. The van der Waals surface area contributed by atoms with Gasteiger partial charge in [-0.15, -0.1) is 0 Å². The molecule has 0 radical (unpaired) electrons. The molecule has 0 saturated carbocycles. The van der Waals surface area contributed by atoms with Crippen molar-refractivity contribution in [2.75, 3.05) is 13.1 Å². The summed E-state index contributed by atoms with van der Waals surface area (Å²) in [5.41, 5.74) is 1.91. The summed E-state index contributed by atoms with van der Waals surface area (Å²) in [6.07, 6.45) is 4.87. The zero-order valence-electron chi connectivity index (χ0n) is 15.2. The number of benzene rings is 1. The van der Waals surface area contributed by atoms with Crippen molar-refractivity contribution in [1.82, 2.24) is 15.2 Å². The van der Waals surface area contributed by atoms with Gasteiger partial charge in [-0.1, -0.05) is 17.7 Å². The first-order valence-electron chi connectivity index (χ1n) is 9.57. The number of hydrogen-bond donors (Lipinski definition) is 1. The molecule has 2 atom stereocenters. The van der Waals surface area contributed by atoms with E-state index in [1.807, 2.05) is 35.2 Å². The lowest BCUT2D eigenvalue weighted by Crippen LogP contribution is -2.47. The summed E-state index contributed by atoms with van der Waals surface area (Å²) in [6.45, 7) is 2.45. The van der Waals surface area contributed by atoms with Crippen molar-refractivity contribution in [3.63, 3.8) is 0 Å². The summed E-state index contributed by atoms with van der Waals surface area (Å²) in [7, 11) is 0. The summed E-state index contributed by atoms with van der Waals surface area (Å²) >= 11 is 6.09. The topological polar surface area (TPSA) is 54.5 Å². The second kappa shape index (κ2) is 8.28. The van der Waals surface area contributed by atoms with Gasteiger partial charge in [0, 0.05) is 23.7 Å². The predicted octanol–water partition coefficient (Wildman–Crippen LogP) is 3.21. The van der Waals surface area contributed by atoms with Gasteiger partial charge in [0.1, 0.15) is 5.75 Å². The summed E-state index contributed by atoms with van der Waals surface area (Å²) in [4.78, 5) is 19.8. The fraction of sp³-hybridized carbons (Fsp3) is 0.429. The number of rotatable bonds is 4. The first-order valence-corrected chi connectivity index (χ1v) is 9.95. The Hall–Kier alpha value is -2.11. The van der Waals surface area contributed by atoms with E-state index in [-0.39, 0.29) is 11.9 Å². The fourth-order valence-corrected chi connectivity index (χ4v) is 4.10. The molecule has 1 saturated heterocycles. The third-order valence-corrected chi connectivity index (χ3v) is 5.54. The SMILES string of the molecule is O=C(C1Cc2cc(Cl)ccc2O1)N(Cc1ccccn1)C1CCCNCC1. The van der Waals surface area contributed by atoms with Gasteiger partial charge < -0.3 is 15.0 Å². The molecular weight excluding hydrogens is 362 g/mol. The molecule has 27 heavy (non-hydrogen) atoms. The van der Waals surface area contributed by atoms with Crippen molar-refractivity contribution in [3.8, 4) is 5.75 Å². The van der Waals surface area contributed by atoms with Crippen LogP contribution in [0.3, 0.4) is 0 Å². The van der Waals surface area contributed by atoms with Crippen LogP contribution in [0.25, 0.3) is 0 Å². The zero-order valence-corrected chi connectivity index (χ0v) is 16.0. The zero-order chi connectivity index (χ0) is 18.6. The van der Waals surface area contributed by atoms with Gasteiger partial charge in [0.05, 0.1) is 12.2 Å². The number of carbonyl (C=O) groups is 1. The molecule has 2 aromatic rings. The Labute approximate surface area is 164 Å². The van der Waals surface area contributed by atoms with E-state index in [0.717, 1.165) is 49.4 Å². The Kier molecular flexibility index (Phi) is 5.60. The quantitative estimate of drug-likeness (QED) is 0.878. The molecule has 1 aromatic carbocycles. The number of nitrogens with zero attached hydrogens (tertiary/aromatic N) is 2. The minimum absolute atomic E-state index is 0.0416. The number of hydrogen-bond acceptors (Lipinski definition) is 4. The molecule has 0 bridgehead atoms. The van der Waals surface area contributed by atoms with Crippen LogP contribution in [0.4, 0.5) is 0 Å². The number of fused-ring (bicyclic) bond motifs is 1. The van der Waals surface area contributed by atoms with Gasteiger partial charge in [-0.05, 0) is 68.2 Å². The summed E-state index contributed by atoms with van der Waals surface area (Å²) in [5, 5.41) is 4.10. The number of ether oxygens (including phenoxy) is 1. The van der Waals surface area contributed by atoms with E-state index in [4.69, 9.17) is 16.3 Å². The number of aromatic nitrogens is 1. The second-order valence-electron chi connectivity index (χ2n) is 7.18. The van der Waals surface area contributed by atoms with Crippen molar-refractivity contribution < 1.29 is 9.53 Å². The maximum Gasteiger partial charge on any atom is 0.264 e. The Morgan fingerprint density at radius 1 is 1.26 bits per heavy atom. The van der Waals surface area contributed by atoms with E-state index in [1.54, 1.807) is 12.3 Å². The number of carbonyl (C=O) groups excluding carboxylic acids is 1. The first-order chi connectivity index (χ1) is 13.2. The van der Waals surface area contributed by atoms with Crippen LogP contribution in [0.2, 0.25) is 5.02 Å². The highest BCUT2D eigenvalue weighted by molar-refractivity contribution is 6.30. The second-order valence-corrected chi connectivity index (χ2v) is 7.62.